The van der Waals surface area contributed by atoms with Crippen LogP contribution in [0.1, 0.15) is 56.3 Å². The molecule has 5 nitrogen and oxygen atoms in total. The molecule has 1 amide bonds. The van der Waals surface area contributed by atoms with Crippen molar-refractivity contribution in [2.75, 3.05) is 5.32 Å². The van der Waals surface area contributed by atoms with Crippen LogP contribution >= 0.6 is 0 Å². The second-order valence-corrected chi connectivity index (χ2v) is 6.48. The van der Waals surface area contributed by atoms with Gasteiger partial charge in [-0.3, -0.25) is 4.79 Å². The Morgan fingerprint density at radius 1 is 1.00 bits per heavy atom. The van der Waals surface area contributed by atoms with Crippen molar-refractivity contribution in [3.8, 4) is 11.5 Å². The molecule has 2 rings (SSSR count). The van der Waals surface area contributed by atoms with Crippen LogP contribution in [0.5, 0.6) is 11.5 Å². The minimum Gasteiger partial charge on any atom is -0.491 e. The zero-order chi connectivity index (χ0) is 19.5. The highest BCUT2D eigenvalue weighted by molar-refractivity contribution is 5.91. The Bertz CT molecular complexity index is 710. The smallest absolute Gasteiger partial charge is 0.343 e. The molecule has 0 saturated heterocycles. The average molecular weight is 369 g/mol. The third kappa shape index (κ3) is 7.13. The fourth-order valence-corrected chi connectivity index (χ4v) is 2.67. The van der Waals surface area contributed by atoms with Crippen LogP contribution in [0.2, 0.25) is 0 Å². The van der Waals surface area contributed by atoms with Gasteiger partial charge in [-0.25, -0.2) is 4.79 Å². The molecule has 0 aliphatic rings. The number of nitrogens with one attached hydrogen (secondary N) is 1. The molecular formula is C22H27NO4. The van der Waals surface area contributed by atoms with Crippen LogP contribution in [0.3, 0.4) is 0 Å². The van der Waals surface area contributed by atoms with Gasteiger partial charge in [0, 0.05) is 5.69 Å². The van der Waals surface area contributed by atoms with Gasteiger partial charge in [-0.15, -0.1) is 0 Å². The Labute approximate surface area is 160 Å². The lowest BCUT2D eigenvalue weighted by atomic mass is 10.1. The van der Waals surface area contributed by atoms with Crippen molar-refractivity contribution in [1.82, 2.24) is 0 Å². The van der Waals surface area contributed by atoms with Gasteiger partial charge in [-0.05, 0) is 68.3 Å². The van der Waals surface area contributed by atoms with Gasteiger partial charge in [0.25, 0.3) is 0 Å². The first kappa shape index (κ1) is 20.5. The van der Waals surface area contributed by atoms with Crippen molar-refractivity contribution in [3.63, 3.8) is 0 Å². The summed E-state index contributed by atoms with van der Waals surface area (Å²) in [4.78, 5) is 22.6. The van der Waals surface area contributed by atoms with Gasteiger partial charge >= 0.3 is 5.97 Å². The summed E-state index contributed by atoms with van der Waals surface area (Å²) in [6.07, 6.45) is 6.69. The molecule has 0 aliphatic heterocycles. The lowest BCUT2D eigenvalue weighted by Crippen LogP contribution is -2.11. The predicted octanol–water partition coefficient (Wildman–Crippen LogP) is 5.21. The number of hydrogen-bond acceptors (Lipinski definition) is 4. The number of carbonyl (C=O) groups excluding carboxylic acids is 2. The standard InChI is InChI=1S/C22H27NO4/c1-3-4-5-6-7-17(2)26-20-12-14-21(15-13-20)27-22(25)18-8-10-19(11-9-18)23-16-24/h8-17H,3-7H2,1-2H3,(H,23,24)/t17-/m1/s1. The van der Waals surface area contributed by atoms with Gasteiger partial charge in [0.1, 0.15) is 11.5 Å². The molecule has 0 spiro atoms. The highest BCUT2D eigenvalue weighted by Gasteiger charge is 2.09. The number of amides is 1. The van der Waals surface area contributed by atoms with E-state index in [-0.39, 0.29) is 6.10 Å². The first-order valence-electron chi connectivity index (χ1n) is 9.41. The van der Waals surface area contributed by atoms with Crippen LogP contribution in [0, 0.1) is 0 Å². The van der Waals surface area contributed by atoms with E-state index in [0.29, 0.717) is 23.4 Å². The van der Waals surface area contributed by atoms with Crippen molar-refractivity contribution in [2.45, 2.75) is 52.1 Å². The summed E-state index contributed by atoms with van der Waals surface area (Å²) < 4.78 is 11.3. The Morgan fingerprint density at radius 3 is 2.30 bits per heavy atom. The third-order valence-corrected chi connectivity index (χ3v) is 4.18. The van der Waals surface area contributed by atoms with Gasteiger partial charge in [-0.1, -0.05) is 26.2 Å². The predicted molar refractivity (Wildman–Crippen MR) is 106 cm³/mol. The molecule has 0 fully saturated rings. The highest BCUT2D eigenvalue weighted by atomic mass is 16.5. The number of anilines is 1. The van der Waals surface area contributed by atoms with E-state index in [1.165, 1.54) is 25.7 Å². The number of carbonyl (C=O) groups is 2. The fourth-order valence-electron chi connectivity index (χ4n) is 2.67. The molecule has 2 aromatic carbocycles. The van der Waals surface area contributed by atoms with Crippen LogP contribution in [0.4, 0.5) is 5.69 Å². The maximum atomic E-state index is 12.2. The van der Waals surface area contributed by atoms with Gasteiger partial charge in [-0.2, -0.15) is 0 Å². The van der Waals surface area contributed by atoms with Crippen molar-refractivity contribution < 1.29 is 19.1 Å². The monoisotopic (exact) mass is 369 g/mol. The van der Waals surface area contributed by atoms with E-state index in [4.69, 9.17) is 9.47 Å². The molecular weight excluding hydrogens is 342 g/mol. The first-order valence-corrected chi connectivity index (χ1v) is 9.41. The maximum absolute atomic E-state index is 12.2. The summed E-state index contributed by atoms with van der Waals surface area (Å²) in [5.41, 5.74) is 1.03. The van der Waals surface area contributed by atoms with E-state index in [2.05, 4.69) is 19.2 Å². The van der Waals surface area contributed by atoms with Crippen molar-refractivity contribution in [3.05, 3.63) is 54.1 Å². The Kier molecular flexibility index (Phi) is 8.36. The molecule has 1 atom stereocenters. The van der Waals surface area contributed by atoms with Crippen molar-refractivity contribution in [1.29, 1.82) is 0 Å². The van der Waals surface area contributed by atoms with Crippen LogP contribution in [-0.4, -0.2) is 18.5 Å². The quantitative estimate of drug-likeness (QED) is 0.255. The molecule has 0 aromatic heterocycles. The number of benzene rings is 2. The van der Waals surface area contributed by atoms with E-state index in [0.717, 1.165) is 12.2 Å². The van der Waals surface area contributed by atoms with E-state index in [1.807, 2.05) is 12.1 Å². The van der Waals surface area contributed by atoms with Gasteiger partial charge in [0.05, 0.1) is 11.7 Å². The molecule has 0 unspecified atom stereocenters. The second kappa shape index (κ2) is 11.0. The summed E-state index contributed by atoms with van der Waals surface area (Å²) >= 11 is 0. The number of esters is 1. The van der Waals surface area contributed by atoms with Gasteiger partial charge < -0.3 is 14.8 Å². The summed E-state index contributed by atoms with van der Waals surface area (Å²) in [7, 11) is 0. The lowest BCUT2D eigenvalue weighted by Gasteiger charge is -2.15. The molecule has 0 bridgehead atoms. The Hall–Kier alpha value is -2.82. The second-order valence-electron chi connectivity index (χ2n) is 6.48. The molecule has 0 heterocycles. The number of hydrogen-bond donors (Lipinski definition) is 1. The molecule has 2 aromatic rings. The van der Waals surface area contributed by atoms with Crippen molar-refractivity contribution in [2.24, 2.45) is 0 Å². The highest BCUT2D eigenvalue weighted by Crippen LogP contribution is 2.21. The van der Waals surface area contributed by atoms with E-state index in [1.54, 1.807) is 36.4 Å². The Balaban J connectivity index is 1.83. The normalized spacial score (nSPS) is 11.5. The maximum Gasteiger partial charge on any atom is 0.343 e. The van der Waals surface area contributed by atoms with Crippen LogP contribution in [0.25, 0.3) is 0 Å². The van der Waals surface area contributed by atoms with Crippen LogP contribution < -0.4 is 14.8 Å². The summed E-state index contributed by atoms with van der Waals surface area (Å²) in [6, 6.07) is 13.6. The fraction of sp³-hybridized carbons (Fsp3) is 0.364. The van der Waals surface area contributed by atoms with Crippen molar-refractivity contribution >= 4 is 18.1 Å². The molecule has 1 N–H and O–H groups in total. The molecule has 144 valence electrons. The van der Waals surface area contributed by atoms with E-state index < -0.39 is 5.97 Å². The third-order valence-electron chi connectivity index (χ3n) is 4.18. The van der Waals surface area contributed by atoms with Gasteiger partial charge in [0.15, 0.2) is 0 Å². The van der Waals surface area contributed by atoms with E-state index in [9.17, 15) is 9.59 Å². The zero-order valence-electron chi connectivity index (χ0n) is 15.9. The van der Waals surface area contributed by atoms with E-state index >= 15 is 0 Å². The topological polar surface area (TPSA) is 64.6 Å². The summed E-state index contributed by atoms with van der Waals surface area (Å²) in [5, 5.41) is 2.52. The Morgan fingerprint density at radius 2 is 1.67 bits per heavy atom. The lowest BCUT2D eigenvalue weighted by molar-refractivity contribution is -0.105. The SMILES string of the molecule is CCCCCC[C@@H](C)Oc1ccc(OC(=O)c2ccc(NC=O)cc2)cc1. The van der Waals surface area contributed by atoms with Crippen LogP contribution in [-0.2, 0) is 4.79 Å². The largest absolute Gasteiger partial charge is 0.491 e. The number of rotatable bonds is 11. The summed E-state index contributed by atoms with van der Waals surface area (Å²) in [6.45, 7) is 4.28. The zero-order valence-corrected chi connectivity index (χ0v) is 15.9. The molecule has 0 saturated carbocycles. The number of ether oxygens (including phenoxy) is 2. The van der Waals surface area contributed by atoms with Crippen LogP contribution in [0.15, 0.2) is 48.5 Å². The first-order chi connectivity index (χ1) is 13.1. The average Bonchev–Trinajstić information content (AvgIpc) is 2.67. The number of unbranched alkanes of at least 4 members (excludes halogenated alkanes) is 3. The van der Waals surface area contributed by atoms with Gasteiger partial charge in [0.2, 0.25) is 6.41 Å². The minimum atomic E-state index is -0.453. The molecule has 27 heavy (non-hydrogen) atoms. The molecule has 0 radical (unpaired) electrons. The molecule has 0 aliphatic carbocycles. The minimum absolute atomic E-state index is 0.161. The summed E-state index contributed by atoms with van der Waals surface area (Å²) in [5.74, 6) is 0.769. The molecule has 5 heteroatoms.